The van der Waals surface area contributed by atoms with Crippen LogP contribution >= 0.6 is 0 Å². The first kappa shape index (κ1) is 10.4. The minimum Gasteiger partial charge on any atom is -0.508 e. The molecule has 16 heavy (non-hydrogen) atoms. The molecule has 0 saturated carbocycles. The number of nitroso groups, excluding NO2 is 1. The monoisotopic (exact) mass is 213 g/mol. The summed E-state index contributed by atoms with van der Waals surface area (Å²) in [4.78, 5) is 10.1. The maximum atomic E-state index is 10.1. The van der Waals surface area contributed by atoms with E-state index in [1.807, 2.05) is 36.4 Å². The summed E-state index contributed by atoms with van der Waals surface area (Å²) in [6.45, 7) is 0.204. The third-order valence-electron chi connectivity index (χ3n) is 2.40. The Bertz CT molecular complexity index is 474. The van der Waals surface area contributed by atoms with E-state index in [1.54, 1.807) is 12.1 Å². The molecule has 0 amide bonds. The Balaban J connectivity index is 2.27. The highest BCUT2D eigenvalue weighted by Gasteiger charge is 1.98. The van der Waals surface area contributed by atoms with E-state index < -0.39 is 0 Å². The summed E-state index contributed by atoms with van der Waals surface area (Å²) in [5.41, 5.74) is 2.98. The topological polar surface area (TPSA) is 49.7 Å². The fraction of sp³-hybridized carbons (Fsp3) is 0.0769. The van der Waals surface area contributed by atoms with Crippen LogP contribution in [0.1, 0.15) is 5.56 Å². The number of hydrogen-bond donors (Lipinski definition) is 1. The number of benzene rings is 2. The number of phenols is 1. The first-order valence-electron chi connectivity index (χ1n) is 4.97. The van der Waals surface area contributed by atoms with Crippen molar-refractivity contribution >= 4 is 0 Å². The van der Waals surface area contributed by atoms with Gasteiger partial charge >= 0.3 is 0 Å². The van der Waals surface area contributed by atoms with Gasteiger partial charge in [-0.1, -0.05) is 41.6 Å². The zero-order valence-electron chi connectivity index (χ0n) is 8.63. The minimum atomic E-state index is 0.204. The van der Waals surface area contributed by atoms with Crippen molar-refractivity contribution in [2.75, 3.05) is 0 Å². The van der Waals surface area contributed by atoms with E-state index in [0.717, 1.165) is 16.7 Å². The van der Waals surface area contributed by atoms with Crippen molar-refractivity contribution < 1.29 is 5.11 Å². The van der Waals surface area contributed by atoms with Crippen LogP contribution in [0, 0.1) is 4.91 Å². The number of rotatable bonds is 3. The fourth-order valence-corrected chi connectivity index (χ4v) is 1.53. The Hall–Kier alpha value is -2.16. The molecule has 0 bridgehead atoms. The summed E-state index contributed by atoms with van der Waals surface area (Å²) in [6, 6.07) is 14.6. The molecule has 0 radical (unpaired) electrons. The molecule has 0 aromatic heterocycles. The van der Waals surface area contributed by atoms with Gasteiger partial charge in [0.05, 0.1) is 0 Å². The smallest absolute Gasteiger partial charge is 0.115 e. The molecular weight excluding hydrogens is 202 g/mol. The van der Waals surface area contributed by atoms with Crippen LogP contribution in [0.5, 0.6) is 5.75 Å². The third kappa shape index (κ3) is 2.25. The number of nitrogens with zero attached hydrogens (tertiary/aromatic N) is 1. The number of phenolic OH excluding ortho intramolecular Hbond substituents is 1. The lowest BCUT2D eigenvalue weighted by molar-refractivity contribution is 0.475. The van der Waals surface area contributed by atoms with E-state index in [2.05, 4.69) is 5.18 Å². The quantitative estimate of drug-likeness (QED) is 0.795. The van der Waals surface area contributed by atoms with E-state index in [9.17, 15) is 10.0 Å². The molecule has 3 heteroatoms. The SMILES string of the molecule is O=NCc1ccc(-c2ccc(O)cc2)cc1. The highest BCUT2D eigenvalue weighted by Crippen LogP contribution is 2.22. The summed E-state index contributed by atoms with van der Waals surface area (Å²) < 4.78 is 0. The first-order chi connectivity index (χ1) is 7.79. The molecule has 0 spiro atoms. The van der Waals surface area contributed by atoms with Crippen LogP contribution in [0.4, 0.5) is 0 Å². The zero-order chi connectivity index (χ0) is 11.4. The van der Waals surface area contributed by atoms with Gasteiger partial charge in [-0.2, -0.15) is 4.91 Å². The van der Waals surface area contributed by atoms with Gasteiger partial charge in [-0.05, 0) is 28.8 Å². The normalized spacial score (nSPS) is 10.0. The lowest BCUT2D eigenvalue weighted by Gasteiger charge is -2.02. The van der Waals surface area contributed by atoms with Gasteiger partial charge in [0.25, 0.3) is 0 Å². The van der Waals surface area contributed by atoms with Crippen molar-refractivity contribution in [3.05, 3.63) is 59.0 Å². The first-order valence-corrected chi connectivity index (χ1v) is 4.97. The van der Waals surface area contributed by atoms with Crippen LogP contribution in [0.2, 0.25) is 0 Å². The molecule has 0 aliphatic rings. The molecule has 0 unspecified atom stereocenters. The second-order valence-electron chi connectivity index (χ2n) is 3.53. The minimum absolute atomic E-state index is 0.204. The van der Waals surface area contributed by atoms with Gasteiger partial charge in [0.1, 0.15) is 12.3 Å². The lowest BCUT2D eigenvalue weighted by atomic mass is 10.0. The van der Waals surface area contributed by atoms with Crippen molar-refractivity contribution in [2.45, 2.75) is 6.54 Å². The molecule has 80 valence electrons. The van der Waals surface area contributed by atoms with Crippen LogP contribution in [-0.4, -0.2) is 5.11 Å². The molecule has 2 aromatic carbocycles. The van der Waals surface area contributed by atoms with Crippen LogP contribution in [0.25, 0.3) is 11.1 Å². The van der Waals surface area contributed by atoms with Crippen LogP contribution in [0.15, 0.2) is 53.7 Å². The molecule has 2 aromatic rings. The average molecular weight is 213 g/mol. The van der Waals surface area contributed by atoms with Crippen molar-refractivity contribution in [2.24, 2.45) is 5.18 Å². The van der Waals surface area contributed by atoms with Gasteiger partial charge in [-0.15, -0.1) is 0 Å². The average Bonchev–Trinajstić information content (AvgIpc) is 2.32. The molecule has 0 heterocycles. The van der Waals surface area contributed by atoms with E-state index >= 15 is 0 Å². The van der Waals surface area contributed by atoms with Crippen LogP contribution in [0.3, 0.4) is 0 Å². The molecule has 0 atom stereocenters. The Morgan fingerprint density at radius 1 is 0.875 bits per heavy atom. The van der Waals surface area contributed by atoms with Gasteiger partial charge in [-0.3, -0.25) is 0 Å². The van der Waals surface area contributed by atoms with Gasteiger partial charge < -0.3 is 5.11 Å². The van der Waals surface area contributed by atoms with Gasteiger partial charge in [0.15, 0.2) is 0 Å². The maximum absolute atomic E-state index is 10.1. The fourth-order valence-electron chi connectivity index (χ4n) is 1.53. The van der Waals surface area contributed by atoms with Crippen molar-refractivity contribution in [3.8, 4) is 16.9 Å². The summed E-state index contributed by atoms with van der Waals surface area (Å²) in [7, 11) is 0. The van der Waals surface area contributed by atoms with Crippen molar-refractivity contribution in [1.29, 1.82) is 0 Å². The molecule has 0 fully saturated rings. The van der Waals surface area contributed by atoms with E-state index in [4.69, 9.17) is 0 Å². The molecule has 0 saturated heterocycles. The van der Waals surface area contributed by atoms with E-state index in [0.29, 0.717) is 0 Å². The predicted molar refractivity (Wildman–Crippen MR) is 63.0 cm³/mol. The van der Waals surface area contributed by atoms with E-state index in [1.165, 1.54) is 0 Å². The van der Waals surface area contributed by atoms with Crippen LogP contribution in [-0.2, 0) is 6.54 Å². The summed E-state index contributed by atoms with van der Waals surface area (Å²) in [6.07, 6.45) is 0. The standard InChI is InChI=1S/C13H11NO2/c15-13-7-5-12(6-8-13)11-3-1-10(2-4-11)9-14-16/h1-8,15H,9H2. The maximum Gasteiger partial charge on any atom is 0.115 e. The molecule has 3 nitrogen and oxygen atoms in total. The molecular formula is C13H11NO2. The summed E-state index contributed by atoms with van der Waals surface area (Å²) in [5, 5.41) is 12.0. The molecule has 2 rings (SSSR count). The molecule has 0 aliphatic carbocycles. The molecule has 0 aliphatic heterocycles. The Kier molecular flexibility index (Phi) is 2.96. The second-order valence-corrected chi connectivity index (χ2v) is 3.53. The van der Waals surface area contributed by atoms with Gasteiger partial charge in [-0.25, -0.2) is 0 Å². The van der Waals surface area contributed by atoms with Gasteiger partial charge in [0.2, 0.25) is 0 Å². The van der Waals surface area contributed by atoms with Gasteiger partial charge in [0, 0.05) is 0 Å². The van der Waals surface area contributed by atoms with Crippen LogP contribution < -0.4 is 0 Å². The highest BCUT2D eigenvalue weighted by molar-refractivity contribution is 5.64. The Labute approximate surface area is 93.3 Å². The highest BCUT2D eigenvalue weighted by atomic mass is 16.3. The zero-order valence-corrected chi connectivity index (χ0v) is 8.63. The predicted octanol–water partition coefficient (Wildman–Crippen LogP) is 3.33. The summed E-state index contributed by atoms with van der Waals surface area (Å²) in [5.74, 6) is 0.255. The Morgan fingerprint density at radius 2 is 1.38 bits per heavy atom. The number of hydrogen-bond acceptors (Lipinski definition) is 3. The molecule has 1 N–H and O–H groups in total. The van der Waals surface area contributed by atoms with E-state index in [-0.39, 0.29) is 12.3 Å². The Morgan fingerprint density at radius 3 is 1.88 bits per heavy atom. The largest absolute Gasteiger partial charge is 0.508 e. The second kappa shape index (κ2) is 4.57. The third-order valence-corrected chi connectivity index (χ3v) is 2.40. The number of aromatic hydroxyl groups is 1. The summed E-state index contributed by atoms with van der Waals surface area (Å²) >= 11 is 0. The lowest BCUT2D eigenvalue weighted by Crippen LogP contribution is -1.81. The van der Waals surface area contributed by atoms with Crippen molar-refractivity contribution in [1.82, 2.24) is 0 Å². The van der Waals surface area contributed by atoms with Crippen molar-refractivity contribution in [3.63, 3.8) is 0 Å².